The SMILES string of the molecule is CC(C)(C)S(=O)(=O)CCNC(=O)C1CCCO1. The van der Waals surface area contributed by atoms with Crippen molar-refractivity contribution in [2.24, 2.45) is 0 Å². The van der Waals surface area contributed by atoms with Gasteiger partial charge in [-0.25, -0.2) is 8.42 Å². The second kappa shape index (κ2) is 5.35. The van der Waals surface area contributed by atoms with Crippen LogP contribution in [0.4, 0.5) is 0 Å². The normalized spacial score (nSPS) is 21.5. The van der Waals surface area contributed by atoms with Gasteiger partial charge in [0.05, 0.1) is 10.5 Å². The number of rotatable bonds is 4. The quantitative estimate of drug-likeness (QED) is 0.801. The van der Waals surface area contributed by atoms with Gasteiger partial charge in [0.25, 0.3) is 0 Å². The Kier molecular flexibility index (Phi) is 4.55. The van der Waals surface area contributed by atoms with E-state index in [4.69, 9.17) is 4.74 Å². The van der Waals surface area contributed by atoms with Crippen LogP contribution in [-0.4, -0.2) is 44.1 Å². The van der Waals surface area contributed by atoms with E-state index in [1.165, 1.54) is 0 Å². The summed E-state index contributed by atoms with van der Waals surface area (Å²) in [5, 5.41) is 2.61. The summed E-state index contributed by atoms with van der Waals surface area (Å²) in [5.74, 6) is -0.235. The molecule has 0 aromatic heterocycles. The number of carbonyl (C=O) groups excluding carboxylic acids is 1. The molecule has 0 spiro atoms. The third-order valence-electron chi connectivity index (χ3n) is 2.83. The lowest BCUT2D eigenvalue weighted by atomic mass is 10.2. The van der Waals surface area contributed by atoms with Crippen LogP contribution >= 0.6 is 0 Å². The molecule has 0 saturated carbocycles. The number of carbonyl (C=O) groups is 1. The van der Waals surface area contributed by atoms with Crippen LogP contribution in [-0.2, 0) is 19.4 Å². The molecule has 0 aliphatic carbocycles. The summed E-state index contributed by atoms with van der Waals surface area (Å²) in [6, 6.07) is 0. The van der Waals surface area contributed by atoms with Gasteiger partial charge in [-0.3, -0.25) is 4.79 Å². The van der Waals surface area contributed by atoms with E-state index in [2.05, 4.69) is 5.32 Å². The van der Waals surface area contributed by atoms with Crippen molar-refractivity contribution in [2.75, 3.05) is 18.9 Å². The lowest BCUT2D eigenvalue weighted by Crippen LogP contribution is -2.40. The molecule has 17 heavy (non-hydrogen) atoms. The van der Waals surface area contributed by atoms with E-state index in [1.54, 1.807) is 20.8 Å². The molecule has 1 fully saturated rings. The molecule has 100 valence electrons. The molecular weight excluding hydrogens is 242 g/mol. The summed E-state index contributed by atoms with van der Waals surface area (Å²) in [7, 11) is -3.17. The molecule has 1 aliphatic rings. The molecule has 1 aliphatic heterocycles. The van der Waals surface area contributed by atoms with Gasteiger partial charge in [-0.15, -0.1) is 0 Å². The van der Waals surface area contributed by atoms with Crippen molar-refractivity contribution in [1.29, 1.82) is 0 Å². The zero-order valence-electron chi connectivity index (χ0n) is 10.7. The van der Waals surface area contributed by atoms with Gasteiger partial charge < -0.3 is 10.1 Å². The van der Waals surface area contributed by atoms with E-state index in [-0.39, 0.29) is 18.2 Å². The Morgan fingerprint density at radius 2 is 2.06 bits per heavy atom. The highest BCUT2D eigenvalue weighted by Gasteiger charge is 2.29. The van der Waals surface area contributed by atoms with E-state index in [9.17, 15) is 13.2 Å². The maximum atomic E-state index is 11.8. The lowest BCUT2D eigenvalue weighted by Gasteiger charge is -2.19. The second-order valence-electron chi connectivity index (χ2n) is 5.22. The van der Waals surface area contributed by atoms with E-state index >= 15 is 0 Å². The lowest BCUT2D eigenvalue weighted by molar-refractivity contribution is -0.129. The van der Waals surface area contributed by atoms with Gasteiger partial charge in [0, 0.05) is 13.2 Å². The van der Waals surface area contributed by atoms with E-state index in [0.717, 1.165) is 12.8 Å². The first-order valence-corrected chi connectivity index (χ1v) is 7.51. The maximum Gasteiger partial charge on any atom is 0.249 e. The number of amides is 1. The first-order valence-electron chi connectivity index (χ1n) is 5.86. The average Bonchev–Trinajstić information content (AvgIpc) is 2.67. The Hall–Kier alpha value is -0.620. The summed E-state index contributed by atoms with van der Waals surface area (Å²) in [6.45, 7) is 5.73. The smallest absolute Gasteiger partial charge is 0.249 e. The number of nitrogens with one attached hydrogen (secondary N) is 1. The Morgan fingerprint density at radius 1 is 1.41 bits per heavy atom. The molecule has 6 heteroatoms. The van der Waals surface area contributed by atoms with Gasteiger partial charge in [-0.05, 0) is 33.6 Å². The number of hydrogen-bond donors (Lipinski definition) is 1. The fourth-order valence-corrected chi connectivity index (χ4v) is 2.50. The molecule has 5 nitrogen and oxygen atoms in total. The largest absolute Gasteiger partial charge is 0.368 e. The molecule has 1 rings (SSSR count). The predicted molar refractivity (Wildman–Crippen MR) is 65.5 cm³/mol. The molecule has 1 saturated heterocycles. The van der Waals surface area contributed by atoms with Crippen molar-refractivity contribution in [2.45, 2.75) is 44.5 Å². The number of hydrogen-bond acceptors (Lipinski definition) is 4. The van der Waals surface area contributed by atoms with Crippen LogP contribution in [0.3, 0.4) is 0 Å². The molecule has 1 atom stereocenters. The summed E-state index contributed by atoms with van der Waals surface area (Å²) in [5.41, 5.74) is 0. The van der Waals surface area contributed by atoms with E-state index < -0.39 is 20.7 Å². The Morgan fingerprint density at radius 3 is 2.53 bits per heavy atom. The predicted octanol–water partition coefficient (Wildman–Crippen LogP) is 0.495. The van der Waals surface area contributed by atoms with Crippen molar-refractivity contribution < 1.29 is 17.9 Å². The number of ether oxygens (including phenoxy) is 1. The van der Waals surface area contributed by atoms with Crippen LogP contribution in [0.15, 0.2) is 0 Å². The highest BCUT2D eigenvalue weighted by Crippen LogP contribution is 2.15. The fraction of sp³-hybridized carbons (Fsp3) is 0.909. The van der Waals surface area contributed by atoms with Crippen molar-refractivity contribution >= 4 is 15.7 Å². The Balaban J connectivity index is 2.35. The zero-order valence-corrected chi connectivity index (χ0v) is 11.5. The first-order chi connectivity index (χ1) is 7.74. The van der Waals surface area contributed by atoms with Gasteiger partial charge in [-0.1, -0.05) is 0 Å². The van der Waals surface area contributed by atoms with E-state index in [1.807, 2.05) is 0 Å². The average molecular weight is 263 g/mol. The first kappa shape index (κ1) is 14.4. The van der Waals surface area contributed by atoms with Gasteiger partial charge >= 0.3 is 0 Å². The molecule has 1 heterocycles. The standard InChI is InChI=1S/C11H21NO4S/c1-11(2,3)17(14,15)8-6-12-10(13)9-5-4-7-16-9/h9H,4-8H2,1-3H3,(H,12,13). The van der Waals surface area contributed by atoms with Crippen LogP contribution in [0.5, 0.6) is 0 Å². The van der Waals surface area contributed by atoms with Gasteiger partial charge in [0.1, 0.15) is 6.10 Å². The minimum Gasteiger partial charge on any atom is -0.368 e. The van der Waals surface area contributed by atoms with Crippen molar-refractivity contribution in [3.63, 3.8) is 0 Å². The molecule has 0 bridgehead atoms. The minimum atomic E-state index is -3.17. The van der Waals surface area contributed by atoms with Crippen molar-refractivity contribution in [3.05, 3.63) is 0 Å². The maximum absolute atomic E-state index is 11.8. The molecule has 0 aromatic rings. The molecular formula is C11H21NO4S. The van der Waals surface area contributed by atoms with Crippen LogP contribution in [0, 0.1) is 0 Å². The minimum absolute atomic E-state index is 0.0328. The van der Waals surface area contributed by atoms with Crippen LogP contribution in [0.1, 0.15) is 33.6 Å². The van der Waals surface area contributed by atoms with Gasteiger partial charge in [0.2, 0.25) is 5.91 Å². The molecule has 1 amide bonds. The van der Waals surface area contributed by atoms with Gasteiger partial charge in [-0.2, -0.15) is 0 Å². The molecule has 0 radical (unpaired) electrons. The monoisotopic (exact) mass is 263 g/mol. The van der Waals surface area contributed by atoms with Crippen molar-refractivity contribution in [3.8, 4) is 0 Å². The molecule has 0 aromatic carbocycles. The summed E-state index contributed by atoms with van der Waals surface area (Å²) in [6.07, 6.45) is 1.21. The zero-order chi connectivity index (χ0) is 13.1. The van der Waals surface area contributed by atoms with Crippen molar-refractivity contribution in [1.82, 2.24) is 5.32 Å². The third kappa shape index (κ3) is 3.96. The highest BCUT2D eigenvalue weighted by molar-refractivity contribution is 7.92. The Labute approximate surface area is 103 Å². The number of sulfone groups is 1. The fourth-order valence-electron chi connectivity index (χ4n) is 1.51. The Bertz CT molecular complexity index is 363. The van der Waals surface area contributed by atoms with Gasteiger partial charge in [0.15, 0.2) is 9.84 Å². The molecule has 1 unspecified atom stereocenters. The second-order valence-corrected chi connectivity index (χ2v) is 8.09. The van der Waals surface area contributed by atoms with E-state index in [0.29, 0.717) is 6.61 Å². The highest BCUT2D eigenvalue weighted by atomic mass is 32.2. The summed E-state index contributed by atoms with van der Waals surface area (Å²) in [4.78, 5) is 11.5. The summed E-state index contributed by atoms with van der Waals surface area (Å²) < 4.78 is 28.0. The van der Waals surface area contributed by atoms with Crippen LogP contribution < -0.4 is 5.32 Å². The summed E-state index contributed by atoms with van der Waals surface area (Å²) >= 11 is 0. The van der Waals surface area contributed by atoms with Crippen LogP contribution in [0.25, 0.3) is 0 Å². The van der Waals surface area contributed by atoms with Crippen LogP contribution in [0.2, 0.25) is 0 Å². The topological polar surface area (TPSA) is 72.5 Å². The molecule has 1 N–H and O–H groups in total. The third-order valence-corrected chi connectivity index (χ3v) is 5.43.